The number of nitrogens with zero attached hydrogens (tertiary/aromatic N) is 4. The SMILES string of the molecule is CCCCC1=C(C)c2cc3[nH]c(cc4nc(cc5[nH]c(cc1n2)c(CC)c5CC)C(CCCC)=C4C)c1c3[C@@H]2CC[C@H]1c1c2c(OC)c2cc3c(cc2c1OC)-c1cc2[nH]c(cc4[nH]c(cc5nc(cc-3n1)C(C)=C5CCCC)c(CC)c4CC)c(CCCC)c2C. The number of allylic oxidation sites excluding steroid dienone is 6. The molecule has 18 bridgehead atoms. The fourth-order valence-electron chi connectivity index (χ4n) is 17.0. The second-order valence-corrected chi connectivity index (χ2v) is 27.0. The first-order chi connectivity index (χ1) is 44.8. The lowest BCUT2D eigenvalue weighted by Gasteiger charge is -2.41. The lowest BCUT2D eigenvalue weighted by atomic mass is 9.63. The summed E-state index contributed by atoms with van der Waals surface area (Å²) in [6.45, 7) is 27.5. The fourth-order valence-corrected chi connectivity index (χ4v) is 17.0. The molecule has 15 rings (SSSR count). The van der Waals surface area contributed by atoms with Crippen LogP contribution >= 0.6 is 0 Å². The van der Waals surface area contributed by atoms with Crippen LogP contribution in [-0.2, 0) is 32.1 Å². The summed E-state index contributed by atoms with van der Waals surface area (Å²) in [7, 11) is 3.75. The van der Waals surface area contributed by atoms with Crippen LogP contribution in [-0.4, -0.2) is 54.1 Å². The number of methoxy groups -OCH3 is 2. The van der Waals surface area contributed by atoms with Crippen molar-refractivity contribution in [1.29, 1.82) is 0 Å². The highest BCUT2D eigenvalue weighted by Gasteiger charge is 2.45. The van der Waals surface area contributed by atoms with Gasteiger partial charge in [-0.15, -0.1) is 0 Å². The van der Waals surface area contributed by atoms with Gasteiger partial charge < -0.3 is 29.4 Å². The van der Waals surface area contributed by atoms with Gasteiger partial charge in [-0.3, -0.25) is 0 Å². The van der Waals surface area contributed by atoms with Crippen LogP contribution in [0.25, 0.3) is 111 Å². The van der Waals surface area contributed by atoms with Crippen molar-refractivity contribution in [2.45, 2.75) is 210 Å². The van der Waals surface area contributed by atoms with E-state index in [-0.39, 0.29) is 11.8 Å². The van der Waals surface area contributed by atoms with Crippen LogP contribution in [0.2, 0.25) is 0 Å². The molecule has 0 fully saturated rings. The van der Waals surface area contributed by atoms with Crippen LogP contribution in [0.4, 0.5) is 0 Å². The molecule has 3 aliphatic carbocycles. The van der Waals surface area contributed by atoms with E-state index in [4.69, 9.17) is 29.4 Å². The average Bonchev–Trinajstić information content (AvgIpc) is 1.22. The van der Waals surface area contributed by atoms with Crippen molar-refractivity contribution in [3.63, 3.8) is 0 Å². The van der Waals surface area contributed by atoms with Crippen molar-refractivity contribution in [2.24, 2.45) is 0 Å². The number of benzene rings is 2. The maximum absolute atomic E-state index is 6.94. The van der Waals surface area contributed by atoms with Gasteiger partial charge >= 0.3 is 0 Å². The zero-order chi connectivity index (χ0) is 64.0. The zero-order valence-corrected chi connectivity index (χ0v) is 57.3. The summed E-state index contributed by atoms with van der Waals surface area (Å²) < 4.78 is 13.9. The topological polar surface area (TPSA) is 133 Å². The van der Waals surface area contributed by atoms with Crippen molar-refractivity contribution in [2.75, 3.05) is 14.2 Å². The molecule has 7 aliphatic rings. The molecule has 0 unspecified atom stereocenters. The van der Waals surface area contributed by atoms with E-state index in [0.717, 1.165) is 233 Å². The maximum atomic E-state index is 6.94. The molecule has 0 amide bonds. The van der Waals surface area contributed by atoms with E-state index < -0.39 is 0 Å². The average molecular weight is 1220 g/mol. The number of H-pyrrole nitrogens is 4. The van der Waals surface area contributed by atoms with Crippen LogP contribution in [0.5, 0.6) is 11.5 Å². The molecular formula is C82H94N8O2. The van der Waals surface area contributed by atoms with Crippen molar-refractivity contribution in [1.82, 2.24) is 39.9 Å². The Bertz CT molecular complexity index is 4830. The molecule has 0 saturated carbocycles. The molecule has 4 N–H and O–H groups in total. The monoisotopic (exact) mass is 1220 g/mol. The number of ether oxygens (including phenoxy) is 2. The molecule has 10 heteroatoms. The normalized spacial score (nSPS) is 15.8. The van der Waals surface area contributed by atoms with E-state index in [0.29, 0.717) is 0 Å². The zero-order valence-electron chi connectivity index (χ0n) is 57.3. The van der Waals surface area contributed by atoms with Gasteiger partial charge in [-0.05, 0) is 256 Å². The van der Waals surface area contributed by atoms with Gasteiger partial charge in [0.1, 0.15) is 11.5 Å². The Labute approximate surface area is 544 Å². The number of rotatable bonds is 18. The lowest BCUT2D eigenvalue weighted by Crippen LogP contribution is -2.25. The molecule has 0 saturated heterocycles. The third kappa shape index (κ3) is 9.84. The van der Waals surface area contributed by atoms with Gasteiger partial charge in [-0.25, -0.2) is 19.9 Å². The molecule has 2 aromatic carbocycles. The minimum atomic E-state index is 0.0135. The predicted octanol–water partition coefficient (Wildman–Crippen LogP) is 22.1. The molecule has 92 heavy (non-hydrogen) atoms. The minimum Gasteiger partial charge on any atom is -0.496 e. The number of unbranched alkanes of at least 4 members (excludes halogenated alkanes) is 4. The van der Waals surface area contributed by atoms with Gasteiger partial charge in [0.2, 0.25) is 0 Å². The predicted molar refractivity (Wildman–Crippen MR) is 387 cm³/mol. The highest BCUT2D eigenvalue weighted by atomic mass is 16.5. The van der Waals surface area contributed by atoms with Crippen molar-refractivity contribution < 1.29 is 9.47 Å². The second kappa shape index (κ2) is 24.7. The molecule has 474 valence electrons. The molecule has 6 aromatic heterocycles. The molecule has 4 aliphatic heterocycles. The van der Waals surface area contributed by atoms with E-state index in [1.807, 2.05) is 14.2 Å². The number of aryl methyl sites for hydroxylation is 6. The smallest absolute Gasteiger partial charge is 0.131 e. The summed E-state index contributed by atoms with van der Waals surface area (Å²) in [6, 6.07) is 23.5. The molecule has 10 heterocycles. The van der Waals surface area contributed by atoms with Crippen molar-refractivity contribution in [3.05, 3.63) is 150 Å². The number of hydrogen-bond donors (Lipinski definition) is 4. The lowest BCUT2D eigenvalue weighted by molar-refractivity contribution is 0.383. The number of aromatic amines is 4. The molecule has 0 radical (unpaired) electrons. The van der Waals surface area contributed by atoms with Gasteiger partial charge in [0.25, 0.3) is 0 Å². The third-order valence-corrected chi connectivity index (χ3v) is 21.9. The summed E-state index contributed by atoms with van der Waals surface area (Å²) in [6.07, 6.45) is 18.5. The summed E-state index contributed by atoms with van der Waals surface area (Å²) in [5, 5.41) is 2.06. The van der Waals surface area contributed by atoms with E-state index in [1.54, 1.807) is 0 Å². The number of aromatic nitrogens is 8. The first kappa shape index (κ1) is 61.3. The number of hydrogen-bond acceptors (Lipinski definition) is 6. The van der Waals surface area contributed by atoms with Crippen LogP contribution in [0.3, 0.4) is 0 Å². The first-order valence-corrected chi connectivity index (χ1v) is 35.2. The largest absolute Gasteiger partial charge is 0.496 e. The summed E-state index contributed by atoms with van der Waals surface area (Å²) in [4.78, 5) is 38.7. The van der Waals surface area contributed by atoms with Gasteiger partial charge in [0.15, 0.2) is 0 Å². The minimum absolute atomic E-state index is 0.0135. The van der Waals surface area contributed by atoms with E-state index in [2.05, 4.69) is 164 Å². The highest BCUT2D eigenvalue weighted by Crippen LogP contribution is 2.63. The van der Waals surface area contributed by atoms with Crippen LogP contribution < -0.4 is 9.47 Å². The van der Waals surface area contributed by atoms with Crippen molar-refractivity contribution >= 4 is 88.3 Å². The molecular weight excluding hydrogens is 1130 g/mol. The summed E-state index contributed by atoms with van der Waals surface area (Å²) >= 11 is 0. The van der Waals surface area contributed by atoms with Crippen molar-refractivity contribution in [3.8, 4) is 34.0 Å². The Morgan fingerprint density at radius 3 is 1.08 bits per heavy atom. The van der Waals surface area contributed by atoms with Crippen LogP contribution in [0, 0.1) is 6.92 Å². The van der Waals surface area contributed by atoms with Gasteiger partial charge in [0, 0.05) is 89.0 Å². The standard InChI is InChI=1S/C82H94N8O2/c1-15-23-27-51-43(9)61-35-73-57-33-59-60(34-58(57)74(89-73)36-62-44(10)52(28-24-16-2)70(84-62)40-66-48(20-6)47(19-5)65(87-66)39-69(51)83-61)82(92-14)80-56-32-31-55(79(80)81(59)91-13)77-75-37-63-45(11)53(29-25-17-3)71(85-63)41-67-49(21-7)50(22-8)68(88-67)42-72-54(30-26-18-4)46(12)64(86-72)38-76(90-75)78(56)77/h33-42,55-56,83,87-88,90H,15-32H2,1-14H3/t55-,56+/m1/s1. The Morgan fingerprint density at radius 1 is 0.348 bits per heavy atom. The van der Waals surface area contributed by atoms with Gasteiger partial charge in [-0.1, -0.05) is 81.1 Å². The first-order valence-electron chi connectivity index (χ1n) is 35.2. The van der Waals surface area contributed by atoms with E-state index >= 15 is 0 Å². The second-order valence-electron chi connectivity index (χ2n) is 27.0. The Balaban J connectivity index is 1.05. The Hall–Kier alpha value is -8.24. The fraction of sp³-hybridized carbons (Fsp3) is 0.415. The van der Waals surface area contributed by atoms with Gasteiger partial charge in [-0.2, -0.15) is 0 Å². The molecule has 10 nitrogen and oxygen atoms in total. The van der Waals surface area contributed by atoms with Crippen LogP contribution in [0.15, 0.2) is 60.7 Å². The van der Waals surface area contributed by atoms with E-state index in [9.17, 15) is 0 Å². The number of nitrogens with one attached hydrogen (secondary N) is 4. The Morgan fingerprint density at radius 2 is 0.674 bits per heavy atom. The van der Waals surface area contributed by atoms with Crippen LogP contribution in [0.1, 0.15) is 261 Å². The third-order valence-electron chi connectivity index (χ3n) is 21.9. The molecule has 8 aromatic rings. The summed E-state index contributed by atoms with van der Waals surface area (Å²) in [5.41, 5.74) is 40.3. The molecule has 2 atom stereocenters. The maximum Gasteiger partial charge on any atom is 0.131 e. The Kier molecular flexibility index (Phi) is 16.4. The van der Waals surface area contributed by atoms with E-state index in [1.165, 1.54) is 94.6 Å². The quantitative estimate of drug-likeness (QED) is 0.0676. The highest BCUT2D eigenvalue weighted by molar-refractivity contribution is 6.06. The summed E-state index contributed by atoms with van der Waals surface area (Å²) in [5.74, 6) is 1.85. The molecule has 0 spiro atoms. The van der Waals surface area contributed by atoms with Gasteiger partial charge in [0.05, 0.1) is 59.8 Å². The number of fused-ring (bicyclic) bond motifs is 21.